The third-order valence-electron chi connectivity index (χ3n) is 6.92. The molecule has 0 radical (unpaired) electrons. The first-order valence-corrected chi connectivity index (χ1v) is 13.5. The van der Waals surface area contributed by atoms with Gasteiger partial charge in [0.05, 0.1) is 25.9 Å². The molecule has 2 aromatic heterocycles. The number of nitrogens with zero attached hydrogens (tertiary/aromatic N) is 4. The zero-order valence-electron chi connectivity index (χ0n) is 23.3. The second kappa shape index (κ2) is 12.0. The van der Waals surface area contributed by atoms with Gasteiger partial charge in [0.2, 0.25) is 5.95 Å². The summed E-state index contributed by atoms with van der Waals surface area (Å²) >= 11 is 0. The Balaban J connectivity index is 1.36. The monoisotopic (exact) mass is 560 g/mol. The van der Waals surface area contributed by atoms with Crippen LogP contribution >= 0.6 is 0 Å². The first-order valence-electron chi connectivity index (χ1n) is 13.5. The van der Waals surface area contributed by atoms with E-state index in [2.05, 4.69) is 33.6 Å². The Hall–Kier alpha value is -5.37. The van der Waals surface area contributed by atoms with Gasteiger partial charge in [-0.05, 0) is 77.9 Å². The van der Waals surface area contributed by atoms with Crippen molar-refractivity contribution in [3.8, 4) is 34.4 Å². The van der Waals surface area contributed by atoms with Gasteiger partial charge in [-0.1, -0.05) is 30.3 Å². The molecule has 0 unspecified atom stereocenters. The molecule has 0 aliphatic rings. The van der Waals surface area contributed by atoms with E-state index in [0.717, 1.165) is 45.5 Å². The Kier molecular flexibility index (Phi) is 7.68. The highest BCUT2D eigenvalue weighted by molar-refractivity contribution is 5.66. The normalized spacial score (nSPS) is 10.9. The highest BCUT2D eigenvalue weighted by Gasteiger charge is 2.18. The maximum absolute atomic E-state index is 13.6. The van der Waals surface area contributed by atoms with Crippen LogP contribution in [0.1, 0.15) is 11.1 Å². The third kappa shape index (κ3) is 5.88. The second-order valence-electron chi connectivity index (χ2n) is 9.72. The van der Waals surface area contributed by atoms with E-state index in [1.165, 1.54) is 12.1 Å². The van der Waals surface area contributed by atoms with Crippen LogP contribution in [0.15, 0.2) is 116 Å². The lowest BCUT2D eigenvalue weighted by Crippen LogP contribution is -2.25. The predicted octanol–water partition coefficient (Wildman–Crippen LogP) is 7.55. The van der Waals surface area contributed by atoms with E-state index in [1.54, 1.807) is 32.5 Å². The molecule has 4 aromatic carbocycles. The molecule has 0 fully saturated rings. The summed E-state index contributed by atoms with van der Waals surface area (Å²) < 4.78 is 32.2. The van der Waals surface area contributed by atoms with Gasteiger partial charge in [-0.2, -0.15) is 0 Å². The molecule has 0 N–H and O–H groups in total. The van der Waals surface area contributed by atoms with Crippen molar-refractivity contribution >= 4 is 11.5 Å². The van der Waals surface area contributed by atoms with E-state index in [0.29, 0.717) is 24.6 Å². The van der Waals surface area contributed by atoms with Crippen LogP contribution in [0, 0.1) is 5.82 Å². The topological polar surface area (TPSA) is 61.1 Å². The van der Waals surface area contributed by atoms with Gasteiger partial charge in [0.25, 0.3) is 0 Å². The molecule has 0 spiro atoms. The third-order valence-corrected chi connectivity index (χ3v) is 6.92. The lowest BCUT2D eigenvalue weighted by Gasteiger charge is -2.25. The summed E-state index contributed by atoms with van der Waals surface area (Å²) in [6.45, 7) is 1.22. The van der Waals surface area contributed by atoms with Gasteiger partial charge >= 0.3 is 0 Å². The number of anilines is 1. The lowest BCUT2D eigenvalue weighted by atomic mass is 10.1. The van der Waals surface area contributed by atoms with Crippen LogP contribution in [-0.2, 0) is 13.1 Å². The van der Waals surface area contributed by atoms with Crippen LogP contribution in [0.2, 0.25) is 0 Å². The Morgan fingerprint density at radius 3 is 1.90 bits per heavy atom. The standard InChI is InChI=1S/C34H29FN4O3/c1-40-29-12-6-24(7-13-29)22-38(23-25-8-14-30(41-2)15-9-25)34-36-19-18-28-21-37-33(39(28)34)26-10-16-31(17-11-26)42-32-5-3-4-27(35)20-32/h3-21H,22-23H2,1-2H3. The van der Waals surface area contributed by atoms with Gasteiger partial charge in [0, 0.05) is 30.9 Å². The number of aromatic nitrogens is 3. The Morgan fingerprint density at radius 2 is 1.31 bits per heavy atom. The summed E-state index contributed by atoms with van der Waals surface area (Å²) in [5.74, 6) is 3.82. The van der Waals surface area contributed by atoms with E-state index in [-0.39, 0.29) is 5.82 Å². The molecule has 0 bridgehead atoms. The van der Waals surface area contributed by atoms with Crippen LogP contribution in [0.3, 0.4) is 0 Å². The summed E-state index contributed by atoms with van der Waals surface area (Å²) in [6, 6.07) is 31.7. The molecule has 0 aliphatic carbocycles. The van der Waals surface area contributed by atoms with Crippen molar-refractivity contribution < 1.29 is 18.6 Å². The molecule has 6 rings (SSSR count). The molecule has 0 amide bonds. The molecular formula is C34H29FN4O3. The number of fused-ring (bicyclic) bond motifs is 1. The number of halogens is 1. The molecule has 7 nitrogen and oxygen atoms in total. The van der Waals surface area contributed by atoms with Crippen LogP contribution < -0.4 is 19.1 Å². The van der Waals surface area contributed by atoms with Crippen molar-refractivity contribution in [1.82, 2.24) is 14.4 Å². The number of rotatable bonds is 10. The minimum Gasteiger partial charge on any atom is -0.497 e. The Morgan fingerprint density at radius 1 is 0.690 bits per heavy atom. The zero-order chi connectivity index (χ0) is 28.9. The molecule has 6 aromatic rings. The van der Waals surface area contributed by atoms with Crippen molar-refractivity contribution in [3.63, 3.8) is 0 Å². The van der Waals surface area contributed by atoms with Crippen molar-refractivity contribution in [2.24, 2.45) is 0 Å². The Labute approximate surface area is 243 Å². The molecule has 210 valence electrons. The van der Waals surface area contributed by atoms with E-state index < -0.39 is 0 Å². The van der Waals surface area contributed by atoms with Crippen LogP contribution in [0.5, 0.6) is 23.0 Å². The number of benzene rings is 4. The smallest absolute Gasteiger partial charge is 0.212 e. The first-order chi connectivity index (χ1) is 20.6. The fourth-order valence-electron chi connectivity index (χ4n) is 4.80. The predicted molar refractivity (Wildman–Crippen MR) is 161 cm³/mol. The van der Waals surface area contributed by atoms with E-state index in [1.807, 2.05) is 60.8 Å². The molecule has 0 saturated heterocycles. The molecule has 0 saturated carbocycles. The average molecular weight is 561 g/mol. The second-order valence-corrected chi connectivity index (χ2v) is 9.72. The van der Waals surface area contributed by atoms with Gasteiger partial charge < -0.3 is 19.1 Å². The van der Waals surface area contributed by atoms with Crippen LogP contribution in [0.25, 0.3) is 16.9 Å². The van der Waals surface area contributed by atoms with Crippen molar-refractivity contribution in [1.29, 1.82) is 0 Å². The maximum atomic E-state index is 13.6. The number of hydrogen-bond donors (Lipinski definition) is 0. The molecule has 0 aliphatic heterocycles. The summed E-state index contributed by atoms with van der Waals surface area (Å²) in [7, 11) is 3.33. The number of hydrogen-bond acceptors (Lipinski definition) is 6. The van der Waals surface area contributed by atoms with Gasteiger partial charge in [-0.15, -0.1) is 0 Å². The van der Waals surface area contributed by atoms with E-state index >= 15 is 0 Å². The van der Waals surface area contributed by atoms with Gasteiger partial charge in [0.1, 0.15) is 34.6 Å². The molecule has 0 atom stereocenters. The molecule has 8 heteroatoms. The zero-order valence-corrected chi connectivity index (χ0v) is 23.3. The highest BCUT2D eigenvalue weighted by Crippen LogP contribution is 2.30. The fraction of sp³-hybridized carbons (Fsp3) is 0.118. The van der Waals surface area contributed by atoms with Crippen LogP contribution in [0.4, 0.5) is 10.3 Å². The molecule has 42 heavy (non-hydrogen) atoms. The number of methoxy groups -OCH3 is 2. The largest absolute Gasteiger partial charge is 0.497 e. The Bertz CT molecular complexity index is 1740. The first kappa shape index (κ1) is 26.8. The average Bonchev–Trinajstić information content (AvgIpc) is 3.46. The highest BCUT2D eigenvalue weighted by atomic mass is 19.1. The fourth-order valence-corrected chi connectivity index (χ4v) is 4.80. The molecular weight excluding hydrogens is 531 g/mol. The number of imidazole rings is 1. The molecule has 2 heterocycles. The number of ether oxygens (including phenoxy) is 3. The van der Waals surface area contributed by atoms with Gasteiger partial charge in [-0.3, -0.25) is 4.40 Å². The lowest BCUT2D eigenvalue weighted by molar-refractivity contribution is 0.414. The minimum atomic E-state index is -0.346. The van der Waals surface area contributed by atoms with E-state index in [9.17, 15) is 4.39 Å². The summed E-state index contributed by atoms with van der Waals surface area (Å²) in [5, 5.41) is 0. The summed E-state index contributed by atoms with van der Waals surface area (Å²) in [4.78, 5) is 11.8. The summed E-state index contributed by atoms with van der Waals surface area (Å²) in [5.41, 5.74) is 4.04. The van der Waals surface area contributed by atoms with Gasteiger partial charge in [-0.25, -0.2) is 14.4 Å². The van der Waals surface area contributed by atoms with E-state index in [4.69, 9.17) is 24.2 Å². The summed E-state index contributed by atoms with van der Waals surface area (Å²) in [6.07, 6.45) is 3.65. The van der Waals surface area contributed by atoms with Crippen molar-refractivity contribution in [2.75, 3.05) is 19.1 Å². The minimum absolute atomic E-state index is 0.346. The SMILES string of the molecule is COc1ccc(CN(Cc2ccc(OC)cc2)c2nccc3cnc(-c4ccc(Oc5cccc(F)c5)cc4)n23)cc1. The van der Waals surface area contributed by atoms with Crippen LogP contribution in [-0.4, -0.2) is 28.6 Å². The van der Waals surface area contributed by atoms with Gasteiger partial charge in [0.15, 0.2) is 0 Å². The maximum Gasteiger partial charge on any atom is 0.212 e. The van der Waals surface area contributed by atoms with Crippen molar-refractivity contribution in [2.45, 2.75) is 13.1 Å². The van der Waals surface area contributed by atoms with Crippen molar-refractivity contribution in [3.05, 3.63) is 132 Å². The quantitative estimate of drug-likeness (QED) is 0.172.